The van der Waals surface area contributed by atoms with E-state index in [0.717, 1.165) is 0 Å². The van der Waals surface area contributed by atoms with E-state index in [0.29, 0.717) is 23.6 Å². The van der Waals surface area contributed by atoms with Gasteiger partial charge < -0.3 is 15.2 Å². The van der Waals surface area contributed by atoms with E-state index in [1.54, 1.807) is 18.2 Å². The van der Waals surface area contributed by atoms with Crippen molar-refractivity contribution in [3.8, 4) is 5.75 Å². The molecule has 0 aliphatic rings. The molecule has 0 aliphatic carbocycles. The van der Waals surface area contributed by atoms with Gasteiger partial charge in [0, 0.05) is 13.2 Å². The van der Waals surface area contributed by atoms with Gasteiger partial charge in [-0.2, -0.15) is 0 Å². The molecular weight excluding hydrogens is 268 g/mol. The summed E-state index contributed by atoms with van der Waals surface area (Å²) in [6, 6.07) is 5.20. The largest absolute Gasteiger partial charge is 0.495 e. The molecule has 0 spiro atoms. The fourth-order valence-electron chi connectivity index (χ4n) is 1.55. The fraction of sp³-hybridized carbons (Fsp3) is 0.500. The Labute approximate surface area is 113 Å². The van der Waals surface area contributed by atoms with Crippen molar-refractivity contribution >= 4 is 15.7 Å². The van der Waals surface area contributed by atoms with Crippen LogP contribution in [0.25, 0.3) is 0 Å². The van der Waals surface area contributed by atoms with Crippen LogP contribution in [0.3, 0.4) is 0 Å². The summed E-state index contributed by atoms with van der Waals surface area (Å²) in [5.74, 6) is 0.339. The number of anilines is 1. The second kappa shape index (κ2) is 7.32. The number of hydrogen-bond acceptors (Lipinski definition) is 5. The van der Waals surface area contributed by atoms with E-state index in [1.807, 2.05) is 6.92 Å². The summed E-state index contributed by atoms with van der Waals surface area (Å²) in [4.78, 5) is 0. The Hall–Kier alpha value is -1.31. The first kappa shape index (κ1) is 15.7. The minimum atomic E-state index is -3.48. The average molecular weight is 288 g/mol. The molecule has 0 amide bonds. The molecule has 0 bridgehead atoms. The monoisotopic (exact) mass is 288 g/mol. The van der Waals surface area contributed by atoms with Crippen molar-refractivity contribution in [3.05, 3.63) is 23.8 Å². The van der Waals surface area contributed by atoms with Crippen LogP contribution in [-0.4, -0.2) is 34.5 Å². The zero-order valence-corrected chi connectivity index (χ0v) is 12.0. The summed E-state index contributed by atoms with van der Waals surface area (Å²) < 4.78 is 36.5. The van der Waals surface area contributed by atoms with E-state index in [2.05, 4.69) is 4.72 Å². The minimum absolute atomic E-state index is 0.108. The lowest BCUT2D eigenvalue weighted by Gasteiger charge is -2.15. The van der Waals surface area contributed by atoms with Gasteiger partial charge in [0.15, 0.2) is 0 Å². The second-order valence-corrected chi connectivity index (χ2v) is 5.66. The van der Waals surface area contributed by atoms with Gasteiger partial charge in [0.25, 0.3) is 0 Å². The van der Waals surface area contributed by atoms with Crippen LogP contribution in [0.1, 0.15) is 12.5 Å². The average Bonchev–Trinajstić information content (AvgIpc) is 2.38. The first-order valence-electron chi connectivity index (χ1n) is 5.98. The number of ether oxygens (including phenoxy) is 2. The van der Waals surface area contributed by atoms with E-state index < -0.39 is 10.0 Å². The van der Waals surface area contributed by atoms with Crippen molar-refractivity contribution in [1.29, 1.82) is 0 Å². The van der Waals surface area contributed by atoms with Gasteiger partial charge in [-0.25, -0.2) is 8.42 Å². The highest BCUT2D eigenvalue weighted by Crippen LogP contribution is 2.29. The Bertz CT molecular complexity index is 480. The molecule has 19 heavy (non-hydrogen) atoms. The fourth-order valence-corrected chi connectivity index (χ4v) is 2.53. The van der Waals surface area contributed by atoms with Gasteiger partial charge in [0.05, 0.1) is 25.2 Å². The Morgan fingerprint density at radius 1 is 1.37 bits per heavy atom. The zero-order chi connectivity index (χ0) is 14.3. The number of hydrogen-bond donors (Lipinski definition) is 2. The van der Waals surface area contributed by atoms with Crippen molar-refractivity contribution in [2.75, 3.05) is 30.8 Å². The zero-order valence-electron chi connectivity index (χ0n) is 11.2. The molecule has 7 heteroatoms. The molecule has 0 saturated heterocycles. The van der Waals surface area contributed by atoms with Gasteiger partial charge in [0.2, 0.25) is 10.0 Å². The van der Waals surface area contributed by atoms with Crippen LogP contribution >= 0.6 is 0 Å². The van der Waals surface area contributed by atoms with Crippen LogP contribution in [0.15, 0.2) is 18.2 Å². The molecule has 0 aliphatic heterocycles. The highest BCUT2D eigenvalue weighted by Gasteiger charge is 2.16. The van der Waals surface area contributed by atoms with Crippen molar-refractivity contribution in [2.45, 2.75) is 13.5 Å². The normalized spacial score (nSPS) is 11.3. The summed E-state index contributed by atoms with van der Waals surface area (Å²) in [7, 11) is -2.00. The lowest BCUT2D eigenvalue weighted by molar-refractivity contribution is 0.163. The predicted molar refractivity (Wildman–Crippen MR) is 74.8 cm³/mol. The number of rotatable bonds is 8. The molecule has 1 aromatic carbocycles. The van der Waals surface area contributed by atoms with Crippen LogP contribution in [0, 0.1) is 0 Å². The van der Waals surface area contributed by atoms with Crippen LogP contribution in [0.5, 0.6) is 5.75 Å². The smallest absolute Gasteiger partial charge is 0.235 e. The molecule has 0 radical (unpaired) electrons. The van der Waals surface area contributed by atoms with Crippen LogP contribution < -0.4 is 15.2 Å². The van der Waals surface area contributed by atoms with Gasteiger partial charge in [-0.3, -0.25) is 4.72 Å². The molecule has 1 aromatic rings. The topological polar surface area (TPSA) is 90.7 Å². The van der Waals surface area contributed by atoms with Crippen LogP contribution in [-0.2, 0) is 21.3 Å². The molecule has 0 aromatic heterocycles. The number of nitrogens with two attached hydrogens (primary N) is 1. The lowest BCUT2D eigenvalue weighted by atomic mass is 10.1. The lowest BCUT2D eigenvalue weighted by Crippen LogP contribution is -2.21. The van der Waals surface area contributed by atoms with Crippen LogP contribution in [0.2, 0.25) is 0 Å². The van der Waals surface area contributed by atoms with Crippen LogP contribution in [0.4, 0.5) is 5.69 Å². The quantitative estimate of drug-likeness (QED) is 0.695. The Balaban J connectivity index is 2.91. The maximum absolute atomic E-state index is 11.9. The van der Waals surface area contributed by atoms with Gasteiger partial charge >= 0.3 is 0 Å². The first-order chi connectivity index (χ1) is 9.04. The Morgan fingerprint density at radius 3 is 2.68 bits per heavy atom. The predicted octanol–water partition coefficient (Wildman–Crippen LogP) is 0.932. The maximum atomic E-state index is 11.9. The molecule has 0 saturated carbocycles. The van der Waals surface area contributed by atoms with E-state index in [4.69, 9.17) is 15.2 Å². The molecule has 108 valence electrons. The third kappa shape index (κ3) is 4.70. The number of sulfonamides is 1. The van der Waals surface area contributed by atoms with Gasteiger partial charge in [-0.15, -0.1) is 0 Å². The Morgan fingerprint density at radius 2 is 2.11 bits per heavy atom. The molecule has 0 heterocycles. The molecular formula is C12H20N2O4S. The van der Waals surface area contributed by atoms with Gasteiger partial charge in [0.1, 0.15) is 5.75 Å². The molecule has 6 nitrogen and oxygen atoms in total. The molecule has 0 atom stereocenters. The summed E-state index contributed by atoms with van der Waals surface area (Å²) in [5, 5.41) is 0. The highest BCUT2D eigenvalue weighted by atomic mass is 32.2. The first-order valence-corrected chi connectivity index (χ1v) is 7.63. The maximum Gasteiger partial charge on any atom is 0.235 e. The number of benzene rings is 1. The molecule has 3 N–H and O–H groups in total. The minimum Gasteiger partial charge on any atom is -0.495 e. The SMILES string of the molecule is CCOCCS(=O)(=O)Nc1c(CN)cccc1OC. The van der Waals surface area contributed by atoms with Crippen molar-refractivity contribution < 1.29 is 17.9 Å². The summed E-state index contributed by atoms with van der Waals surface area (Å²) in [6.07, 6.45) is 0. The van der Waals surface area contributed by atoms with E-state index in [-0.39, 0.29) is 18.9 Å². The van der Waals surface area contributed by atoms with Crippen molar-refractivity contribution in [1.82, 2.24) is 0 Å². The van der Waals surface area contributed by atoms with Gasteiger partial charge in [-0.05, 0) is 18.6 Å². The number of para-hydroxylation sites is 1. The summed E-state index contributed by atoms with van der Waals surface area (Å²) in [6.45, 7) is 2.67. The number of methoxy groups -OCH3 is 1. The Kier molecular flexibility index (Phi) is 6.07. The summed E-state index contributed by atoms with van der Waals surface area (Å²) >= 11 is 0. The second-order valence-electron chi connectivity index (χ2n) is 3.82. The number of nitrogens with one attached hydrogen (secondary N) is 1. The molecule has 0 fully saturated rings. The third-order valence-corrected chi connectivity index (χ3v) is 3.73. The van der Waals surface area contributed by atoms with E-state index in [1.165, 1.54) is 7.11 Å². The van der Waals surface area contributed by atoms with Crippen molar-refractivity contribution in [2.24, 2.45) is 5.73 Å². The van der Waals surface area contributed by atoms with E-state index in [9.17, 15) is 8.42 Å². The standard InChI is InChI=1S/C12H20N2O4S/c1-3-18-7-8-19(15,16)14-12-10(9-13)5-4-6-11(12)17-2/h4-6,14H,3,7-9,13H2,1-2H3. The van der Waals surface area contributed by atoms with E-state index >= 15 is 0 Å². The molecule has 1 rings (SSSR count). The van der Waals surface area contributed by atoms with Gasteiger partial charge in [-0.1, -0.05) is 12.1 Å². The molecule has 0 unspecified atom stereocenters. The highest BCUT2D eigenvalue weighted by molar-refractivity contribution is 7.92. The third-order valence-electron chi connectivity index (χ3n) is 2.51. The summed E-state index contributed by atoms with van der Waals surface area (Å²) in [5.41, 5.74) is 6.67. The van der Waals surface area contributed by atoms with Crippen molar-refractivity contribution in [3.63, 3.8) is 0 Å².